The number of aryl methyl sites for hydroxylation is 1. The van der Waals surface area contributed by atoms with Gasteiger partial charge >= 0.3 is 0 Å². The highest BCUT2D eigenvalue weighted by Gasteiger charge is 2.20. The molecule has 0 atom stereocenters. The number of rotatable bonds is 5. The van der Waals surface area contributed by atoms with Gasteiger partial charge in [0.25, 0.3) is 0 Å². The highest BCUT2D eigenvalue weighted by molar-refractivity contribution is 7.19. The maximum absolute atomic E-state index is 6.33. The molecule has 1 aromatic rings. The first kappa shape index (κ1) is 26.2. The topological polar surface area (TPSA) is 0 Å². The summed E-state index contributed by atoms with van der Waals surface area (Å²) in [5.74, 6) is 0. The Morgan fingerprint density at radius 2 is 1.15 bits per heavy atom. The van der Waals surface area contributed by atoms with Crippen molar-refractivity contribution in [2.75, 3.05) is 0 Å². The fourth-order valence-electron chi connectivity index (χ4n) is 2.29. The van der Waals surface area contributed by atoms with Gasteiger partial charge < -0.3 is 0 Å². The third kappa shape index (κ3) is 15.3. The van der Waals surface area contributed by atoms with Gasteiger partial charge in [0, 0.05) is 0 Å². The number of hydrogen-bond donors (Lipinski definition) is 0. The summed E-state index contributed by atoms with van der Waals surface area (Å²) in [4.78, 5) is 0. The predicted molar refractivity (Wildman–Crippen MR) is 129 cm³/mol. The summed E-state index contributed by atoms with van der Waals surface area (Å²) < 4.78 is 0. The van der Waals surface area contributed by atoms with Gasteiger partial charge in [0.05, 0.1) is 0 Å². The van der Waals surface area contributed by atoms with Crippen molar-refractivity contribution in [3.05, 3.63) is 35.4 Å². The van der Waals surface area contributed by atoms with E-state index in [1.54, 1.807) is 0 Å². The summed E-state index contributed by atoms with van der Waals surface area (Å²) in [6.07, 6.45) is 2.38. The standard InChI is InChI=1S/C14H23ClSi.C8H19ClSi/c1-14(2,3)13-8-6-12(7-9-13)10-11-16(4,5)15;1-8(2,3)6-7-10(4,5)9/h6-9H,10-11H2,1-5H3;6-7H2,1-5H3. The Hall–Kier alpha value is 0.234. The van der Waals surface area contributed by atoms with Crippen LogP contribution in [0.5, 0.6) is 0 Å². The van der Waals surface area contributed by atoms with Crippen LogP contribution in [0.15, 0.2) is 24.3 Å². The molecule has 1 aromatic carbocycles. The molecule has 0 fully saturated rings. The molecule has 0 unspecified atom stereocenters. The second kappa shape index (κ2) is 10.1. The van der Waals surface area contributed by atoms with E-state index in [1.807, 2.05) is 0 Å². The van der Waals surface area contributed by atoms with E-state index in [0.717, 1.165) is 12.5 Å². The molecule has 4 heteroatoms. The zero-order valence-electron chi connectivity index (χ0n) is 18.9. The van der Waals surface area contributed by atoms with Crippen molar-refractivity contribution in [1.82, 2.24) is 0 Å². The molecule has 1 rings (SSSR count). The van der Waals surface area contributed by atoms with Crippen LogP contribution >= 0.6 is 22.2 Å². The van der Waals surface area contributed by atoms with Crippen LogP contribution < -0.4 is 0 Å². The smallest absolute Gasteiger partial charge is 0.150 e. The van der Waals surface area contributed by atoms with E-state index in [9.17, 15) is 0 Å². The lowest BCUT2D eigenvalue weighted by atomic mass is 9.86. The number of halogens is 2. The second-order valence-electron chi connectivity index (χ2n) is 10.9. The van der Waals surface area contributed by atoms with E-state index in [1.165, 1.54) is 23.6 Å². The molecule has 0 aliphatic heterocycles. The highest BCUT2D eigenvalue weighted by atomic mass is 35.6. The van der Waals surface area contributed by atoms with E-state index < -0.39 is 14.8 Å². The number of benzene rings is 1. The lowest BCUT2D eigenvalue weighted by Crippen LogP contribution is -2.19. The molecule has 0 spiro atoms. The van der Waals surface area contributed by atoms with E-state index in [4.69, 9.17) is 22.2 Å². The Morgan fingerprint density at radius 1 is 0.731 bits per heavy atom. The second-order valence-corrected chi connectivity index (χ2v) is 25.0. The first-order valence-corrected chi connectivity index (χ1v) is 18.3. The monoisotopic (exact) mass is 432 g/mol. The van der Waals surface area contributed by atoms with Crippen LogP contribution in [0.2, 0.25) is 38.3 Å². The molecule has 0 saturated carbocycles. The average Bonchev–Trinajstić information content (AvgIpc) is 2.41. The lowest BCUT2D eigenvalue weighted by molar-refractivity contribution is 0.396. The Morgan fingerprint density at radius 3 is 1.42 bits per heavy atom. The minimum absolute atomic E-state index is 0.249. The van der Waals surface area contributed by atoms with Crippen LogP contribution in [-0.2, 0) is 11.8 Å². The zero-order chi connectivity index (χ0) is 20.8. The fourth-order valence-corrected chi connectivity index (χ4v) is 5.08. The quantitative estimate of drug-likeness (QED) is 0.321. The first-order valence-electron chi connectivity index (χ1n) is 9.86. The van der Waals surface area contributed by atoms with Crippen molar-refractivity contribution in [1.29, 1.82) is 0 Å². The molecular formula is C22H42Cl2Si2. The minimum Gasteiger partial charge on any atom is -0.168 e. The first-order chi connectivity index (χ1) is 11.4. The molecule has 0 N–H and O–H groups in total. The molecular weight excluding hydrogens is 391 g/mol. The third-order valence-electron chi connectivity index (χ3n) is 4.30. The van der Waals surface area contributed by atoms with Gasteiger partial charge in [-0.05, 0) is 46.9 Å². The van der Waals surface area contributed by atoms with Gasteiger partial charge in [-0.25, -0.2) is 0 Å². The van der Waals surface area contributed by atoms with Crippen molar-refractivity contribution in [2.24, 2.45) is 5.41 Å². The third-order valence-corrected chi connectivity index (χ3v) is 8.31. The van der Waals surface area contributed by atoms with E-state index in [2.05, 4.69) is 92.0 Å². The van der Waals surface area contributed by atoms with Crippen molar-refractivity contribution >= 4 is 36.9 Å². The van der Waals surface area contributed by atoms with Gasteiger partial charge in [-0.15, -0.1) is 0 Å². The SMILES string of the molecule is CC(C)(C)CC[Si](C)(C)Cl.CC(C)(C)c1ccc(CC[Si](C)(C)Cl)cc1. The molecule has 0 radical (unpaired) electrons. The Bertz CT molecular complexity index is 496. The van der Waals surface area contributed by atoms with Crippen LogP contribution in [0.1, 0.15) is 59.1 Å². The summed E-state index contributed by atoms with van der Waals surface area (Å²) in [7, 11) is -2.71. The maximum atomic E-state index is 6.33. The molecule has 0 heterocycles. The Kier molecular flexibility index (Phi) is 10.2. The Labute approximate surface area is 175 Å². The van der Waals surface area contributed by atoms with E-state index in [0.29, 0.717) is 5.41 Å². The molecule has 0 aromatic heterocycles. The highest BCUT2D eigenvalue weighted by Crippen LogP contribution is 2.27. The van der Waals surface area contributed by atoms with E-state index in [-0.39, 0.29) is 5.41 Å². The van der Waals surface area contributed by atoms with Gasteiger partial charge in [-0.3, -0.25) is 0 Å². The average molecular weight is 434 g/mol. The van der Waals surface area contributed by atoms with Gasteiger partial charge in [0.1, 0.15) is 0 Å². The molecule has 0 amide bonds. The Balaban J connectivity index is 0.000000541. The van der Waals surface area contributed by atoms with Crippen LogP contribution in [0.25, 0.3) is 0 Å². The van der Waals surface area contributed by atoms with E-state index >= 15 is 0 Å². The summed E-state index contributed by atoms with van der Waals surface area (Å²) in [6, 6.07) is 11.4. The van der Waals surface area contributed by atoms with Crippen LogP contribution in [0.3, 0.4) is 0 Å². The van der Waals surface area contributed by atoms with Crippen LogP contribution in [-0.4, -0.2) is 14.8 Å². The van der Waals surface area contributed by atoms with Gasteiger partial charge in [-0.2, -0.15) is 22.2 Å². The minimum atomic E-state index is -1.42. The summed E-state index contributed by atoms with van der Waals surface area (Å²) in [6.45, 7) is 22.4. The van der Waals surface area contributed by atoms with Crippen molar-refractivity contribution < 1.29 is 0 Å². The number of hydrogen-bond acceptors (Lipinski definition) is 0. The molecule has 0 nitrogen and oxygen atoms in total. The molecule has 0 bridgehead atoms. The van der Waals surface area contributed by atoms with Crippen LogP contribution in [0, 0.1) is 5.41 Å². The summed E-state index contributed by atoms with van der Waals surface area (Å²) in [5.41, 5.74) is 3.52. The van der Waals surface area contributed by atoms with Gasteiger partial charge in [-0.1, -0.05) is 92.0 Å². The van der Waals surface area contributed by atoms with Gasteiger partial charge in [0.2, 0.25) is 0 Å². The van der Waals surface area contributed by atoms with Crippen molar-refractivity contribution in [2.45, 2.75) is 98.1 Å². The summed E-state index contributed by atoms with van der Waals surface area (Å²) >= 11 is 12.5. The zero-order valence-corrected chi connectivity index (χ0v) is 22.4. The van der Waals surface area contributed by atoms with Crippen molar-refractivity contribution in [3.63, 3.8) is 0 Å². The predicted octanol–water partition coefficient (Wildman–Crippen LogP) is 8.84. The summed E-state index contributed by atoms with van der Waals surface area (Å²) in [5, 5.41) is 0. The van der Waals surface area contributed by atoms with Crippen LogP contribution in [0.4, 0.5) is 0 Å². The molecule has 0 aliphatic rings. The van der Waals surface area contributed by atoms with Gasteiger partial charge in [0.15, 0.2) is 14.8 Å². The molecule has 26 heavy (non-hydrogen) atoms. The molecule has 0 saturated heterocycles. The van der Waals surface area contributed by atoms with Crippen molar-refractivity contribution in [3.8, 4) is 0 Å². The largest absolute Gasteiger partial charge is 0.168 e. The molecule has 152 valence electrons. The normalized spacial score (nSPS) is 13.2. The molecule has 0 aliphatic carbocycles. The lowest BCUT2D eigenvalue weighted by Gasteiger charge is -2.21. The maximum Gasteiger partial charge on any atom is 0.150 e. The fraction of sp³-hybridized carbons (Fsp3) is 0.727.